The van der Waals surface area contributed by atoms with Crippen molar-refractivity contribution in [1.29, 1.82) is 0 Å². The van der Waals surface area contributed by atoms with E-state index in [1.807, 2.05) is 48.5 Å². The lowest BCUT2D eigenvalue weighted by Gasteiger charge is -1.79. The van der Waals surface area contributed by atoms with Gasteiger partial charge >= 0.3 is 0 Å². The van der Waals surface area contributed by atoms with Crippen LogP contribution in [0.25, 0.3) is 22.1 Å². The Balaban J connectivity index is 0.000000133. The molecule has 122 valence electrons. The summed E-state index contributed by atoms with van der Waals surface area (Å²) in [5.41, 5.74) is 3.80. The van der Waals surface area contributed by atoms with Crippen molar-refractivity contribution < 1.29 is 5.48 Å². The number of aromatic amines is 3. The number of hydrogen-bond acceptors (Lipinski definition) is 6. The Morgan fingerprint density at radius 1 is 0.667 bits per heavy atom. The van der Waals surface area contributed by atoms with Gasteiger partial charge < -0.3 is 5.48 Å². The summed E-state index contributed by atoms with van der Waals surface area (Å²) < 4.78 is 0. The van der Waals surface area contributed by atoms with Gasteiger partial charge in [0.25, 0.3) is 0 Å². The van der Waals surface area contributed by atoms with E-state index in [0.717, 1.165) is 22.1 Å². The minimum Gasteiger partial charge on any atom is -0.412 e. The number of nitrogens with one attached hydrogen (secondary N) is 3. The first kappa shape index (κ1) is 16.7. The Hall–Kier alpha value is -3.66. The highest BCUT2D eigenvalue weighted by Crippen LogP contribution is 2.04. The lowest BCUT2D eigenvalue weighted by atomic mass is 10.3. The van der Waals surface area contributed by atoms with Crippen molar-refractivity contribution in [1.82, 2.24) is 46.2 Å². The molecule has 3 heterocycles. The molecule has 0 aliphatic rings. The highest BCUT2D eigenvalue weighted by molar-refractivity contribution is 5.73. The van der Waals surface area contributed by atoms with Crippen LogP contribution in [-0.2, 0) is 0 Å². The minimum absolute atomic E-state index is 0. The molecule has 5 N–H and O–H groups in total. The lowest BCUT2D eigenvalue weighted by molar-refractivity contribution is 0.824. The first-order chi connectivity index (χ1) is 11.4. The van der Waals surface area contributed by atoms with E-state index < -0.39 is 0 Å². The van der Waals surface area contributed by atoms with E-state index in [1.165, 1.54) is 0 Å². The van der Waals surface area contributed by atoms with Crippen molar-refractivity contribution in [3.8, 4) is 0 Å². The second-order valence-corrected chi connectivity index (χ2v) is 4.32. The fraction of sp³-hybridized carbons (Fsp3) is 0. The molecule has 0 amide bonds. The smallest absolute Gasteiger partial charge is 0.112 e. The van der Waals surface area contributed by atoms with Crippen LogP contribution in [0, 0.1) is 0 Å². The molecule has 10 heteroatoms. The zero-order valence-corrected chi connectivity index (χ0v) is 12.5. The van der Waals surface area contributed by atoms with Crippen molar-refractivity contribution in [2.45, 2.75) is 0 Å². The predicted molar refractivity (Wildman–Crippen MR) is 87.8 cm³/mol. The molecule has 0 unspecified atom stereocenters. The van der Waals surface area contributed by atoms with Gasteiger partial charge in [-0.25, -0.2) is 0 Å². The van der Waals surface area contributed by atoms with E-state index >= 15 is 0 Å². The molecule has 0 radical (unpaired) electrons. The molecular weight excluding hydrogens is 310 g/mol. The topological polar surface area (TPSA) is 156 Å². The molecule has 0 spiro atoms. The highest BCUT2D eigenvalue weighted by atomic mass is 16.0. The average molecular weight is 325 g/mol. The Kier molecular flexibility index (Phi) is 6.06. The Morgan fingerprint density at radius 3 is 1.58 bits per heavy atom. The summed E-state index contributed by atoms with van der Waals surface area (Å²) >= 11 is 0. The molecule has 3 aromatic heterocycles. The van der Waals surface area contributed by atoms with Crippen LogP contribution >= 0.6 is 0 Å². The van der Waals surface area contributed by atoms with Crippen LogP contribution in [0.1, 0.15) is 0 Å². The third-order valence-electron chi connectivity index (χ3n) is 2.80. The molecule has 0 atom stereocenters. The van der Waals surface area contributed by atoms with Crippen molar-refractivity contribution in [3.05, 3.63) is 60.9 Å². The van der Waals surface area contributed by atoms with Gasteiger partial charge in [0.05, 0.1) is 17.2 Å². The molecule has 5 rings (SSSR count). The first-order valence-electron chi connectivity index (χ1n) is 6.75. The summed E-state index contributed by atoms with van der Waals surface area (Å²) in [6, 6.07) is 15.5. The summed E-state index contributed by atoms with van der Waals surface area (Å²) in [6.07, 6.45) is 3.24. The van der Waals surface area contributed by atoms with Crippen molar-refractivity contribution >= 4 is 22.1 Å². The quantitative estimate of drug-likeness (QED) is 0.384. The summed E-state index contributed by atoms with van der Waals surface area (Å²) in [6.45, 7) is 0. The highest BCUT2D eigenvalue weighted by Gasteiger charge is 1.90. The molecule has 2 aromatic carbocycles. The van der Waals surface area contributed by atoms with Gasteiger partial charge in [-0.05, 0) is 24.3 Å². The third kappa shape index (κ3) is 4.42. The van der Waals surface area contributed by atoms with Crippen LogP contribution in [0.4, 0.5) is 0 Å². The van der Waals surface area contributed by atoms with E-state index in [4.69, 9.17) is 0 Å². The van der Waals surface area contributed by atoms with Crippen LogP contribution in [0.5, 0.6) is 0 Å². The lowest BCUT2D eigenvalue weighted by Crippen LogP contribution is -1.63. The van der Waals surface area contributed by atoms with Crippen LogP contribution in [0.2, 0.25) is 0 Å². The van der Waals surface area contributed by atoms with Gasteiger partial charge in [0, 0.05) is 6.20 Å². The second-order valence-electron chi connectivity index (χ2n) is 4.32. The molecule has 0 fully saturated rings. The maximum atomic E-state index is 3.81. The molecule has 0 saturated heterocycles. The normalized spacial score (nSPS) is 9.33. The number of nitrogens with zero attached hydrogens (tertiary/aromatic N) is 6. The standard InChI is InChI=1S/2C6H5N3.C2H3N3.H2O/c2*1-2-4-6-5(3-1)7-9-8-6;1-2-4-5-3-1;/h2*1-4H,(H,7,8,9);1-2H,(H,3,4,5);1H2. The van der Waals surface area contributed by atoms with Crippen LogP contribution in [0.15, 0.2) is 60.9 Å². The second kappa shape index (κ2) is 8.70. The number of hydrogen-bond donors (Lipinski definition) is 3. The number of para-hydroxylation sites is 2. The van der Waals surface area contributed by atoms with Crippen LogP contribution < -0.4 is 0 Å². The number of benzene rings is 2. The predicted octanol–water partition coefficient (Wildman–Crippen LogP) is 0.896. The molecule has 0 saturated carbocycles. The Labute approximate surface area is 135 Å². The summed E-state index contributed by atoms with van der Waals surface area (Å²) in [4.78, 5) is 0. The van der Waals surface area contributed by atoms with Crippen LogP contribution in [-0.4, -0.2) is 51.7 Å². The van der Waals surface area contributed by atoms with E-state index in [1.54, 1.807) is 12.4 Å². The van der Waals surface area contributed by atoms with Gasteiger partial charge in [-0.15, -0.1) is 15.3 Å². The number of fused-ring (bicyclic) bond motifs is 2. The zero-order chi connectivity index (χ0) is 15.7. The van der Waals surface area contributed by atoms with Crippen molar-refractivity contribution in [2.75, 3.05) is 0 Å². The fourth-order valence-electron chi connectivity index (χ4n) is 1.74. The zero-order valence-electron chi connectivity index (χ0n) is 12.5. The van der Waals surface area contributed by atoms with Crippen molar-refractivity contribution in [3.63, 3.8) is 0 Å². The average Bonchev–Trinajstić information content (AvgIpc) is 3.37. The van der Waals surface area contributed by atoms with Gasteiger partial charge in [-0.3, -0.25) is 15.3 Å². The summed E-state index contributed by atoms with van der Waals surface area (Å²) in [5, 5.41) is 29.7. The number of H-pyrrole nitrogens is 3. The van der Waals surface area contributed by atoms with Crippen LogP contribution in [0.3, 0.4) is 0 Å². The van der Waals surface area contributed by atoms with Gasteiger partial charge in [0.1, 0.15) is 11.0 Å². The molecule has 10 nitrogen and oxygen atoms in total. The van der Waals surface area contributed by atoms with Gasteiger partial charge in [0.2, 0.25) is 0 Å². The first-order valence-corrected chi connectivity index (χ1v) is 6.75. The monoisotopic (exact) mass is 325 g/mol. The largest absolute Gasteiger partial charge is 0.412 e. The van der Waals surface area contributed by atoms with Gasteiger partial charge in [-0.1, -0.05) is 39.9 Å². The van der Waals surface area contributed by atoms with Crippen molar-refractivity contribution in [2.24, 2.45) is 0 Å². The molecule has 0 aliphatic heterocycles. The Bertz CT molecular complexity index is 801. The molecular formula is C14H15N9O. The number of rotatable bonds is 0. The minimum atomic E-state index is 0. The summed E-state index contributed by atoms with van der Waals surface area (Å²) in [5.74, 6) is 0. The number of aromatic nitrogens is 9. The van der Waals surface area contributed by atoms with Gasteiger partial charge in [0.15, 0.2) is 0 Å². The fourth-order valence-corrected chi connectivity index (χ4v) is 1.74. The maximum absolute atomic E-state index is 3.81. The molecule has 0 bridgehead atoms. The van der Waals surface area contributed by atoms with E-state index in [2.05, 4.69) is 46.2 Å². The maximum Gasteiger partial charge on any atom is 0.112 e. The van der Waals surface area contributed by atoms with E-state index in [-0.39, 0.29) is 5.48 Å². The SMILES string of the molecule is O.c1c[nH]nn1.c1ccc2[nH]nnc2c1.c1ccc2[nH]nnc2c1. The molecule has 5 aromatic rings. The third-order valence-corrected chi connectivity index (χ3v) is 2.80. The van der Waals surface area contributed by atoms with Gasteiger partial charge in [-0.2, -0.15) is 0 Å². The Morgan fingerprint density at radius 2 is 1.21 bits per heavy atom. The molecule has 0 aliphatic carbocycles. The molecule has 24 heavy (non-hydrogen) atoms. The van der Waals surface area contributed by atoms with E-state index in [0.29, 0.717) is 0 Å². The summed E-state index contributed by atoms with van der Waals surface area (Å²) in [7, 11) is 0. The van der Waals surface area contributed by atoms with E-state index in [9.17, 15) is 0 Å².